The molecule has 3 unspecified atom stereocenters. The SMILES string of the molecule is CC#CC(C)OCC1O[C@@H]([B]C#CCNC(=O)COCCOC(COc2cccc(C(=O)NCCN)c2)SSC(C)(C)C)C[C@H]1O[C@H](COP(=O)(O)O)SSC. The van der Waals surface area contributed by atoms with Gasteiger partial charge in [0, 0.05) is 29.4 Å². The molecule has 6 N–H and O–H groups in total. The molecule has 6 atom stereocenters. The normalized spacial score (nSPS) is 18.4. The van der Waals surface area contributed by atoms with Crippen LogP contribution in [0.15, 0.2) is 24.3 Å². The lowest BCUT2D eigenvalue weighted by Gasteiger charge is -2.25. The van der Waals surface area contributed by atoms with Crippen molar-refractivity contribution in [2.24, 2.45) is 5.73 Å². The van der Waals surface area contributed by atoms with Crippen molar-refractivity contribution in [2.75, 3.05) is 65.5 Å². The van der Waals surface area contributed by atoms with Gasteiger partial charge in [-0.25, -0.2) is 4.57 Å². The second-order valence-electron chi connectivity index (χ2n) is 12.8. The quantitative estimate of drug-likeness (QED) is 0.0226. The molecule has 0 bridgehead atoms. The molecule has 0 spiro atoms. The van der Waals surface area contributed by atoms with Gasteiger partial charge in [-0.1, -0.05) is 81.9 Å². The number of phosphoric acid groups is 1. The van der Waals surface area contributed by atoms with Crippen LogP contribution in [0.25, 0.3) is 0 Å². The van der Waals surface area contributed by atoms with E-state index in [9.17, 15) is 14.2 Å². The molecule has 2 rings (SSSR count). The Kier molecular flexibility index (Phi) is 25.3. The number of nitrogens with two attached hydrogens (primary N) is 1. The standard InChI is InChI=1S/C35H54BN3O12PS4/c1-7-10-25(2)47-21-29-28(51-33(54-53-6)24-49-52(42,43)44)20-30(50-29)36-13-9-15-38-31(40)22-45-17-18-46-32(55-56-35(3,4)5)23-48-27-12-8-11-26(19-27)34(41)39-16-14-37/h8,11-12,19,25,28-30,32-33H,14-18,20-24,37H2,1-6H3,(H,38,40)(H,39,41)(H2,42,43,44)/t25?,28-,29?,30-,32?,33+/m1/s1. The van der Waals surface area contributed by atoms with Gasteiger partial charge in [0.15, 0.2) is 0 Å². The van der Waals surface area contributed by atoms with Gasteiger partial charge < -0.3 is 54.6 Å². The third kappa shape index (κ3) is 23.7. The Hall–Kier alpha value is -1.59. The fourth-order valence-electron chi connectivity index (χ4n) is 4.46. The highest BCUT2D eigenvalue weighted by Crippen LogP contribution is 2.40. The summed E-state index contributed by atoms with van der Waals surface area (Å²) in [4.78, 5) is 42.9. The van der Waals surface area contributed by atoms with E-state index >= 15 is 0 Å². The van der Waals surface area contributed by atoms with Gasteiger partial charge in [0.1, 0.15) is 42.0 Å². The summed E-state index contributed by atoms with van der Waals surface area (Å²) in [5, 5.41) is 5.43. The van der Waals surface area contributed by atoms with E-state index in [4.69, 9.17) is 43.9 Å². The average molecular weight is 879 g/mol. The molecule has 21 heteroatoms. The maximum atomic E-state index is 12.4. The number of rotatable bonds is 26. The van der Waals surface area contributed by atoms with Crippen LogP contribution in [0, 0.1) is 23.6 Å². The van der Waals surface area contributed by atoms with Crippen molar-refractivity contribution in [1.82, 2.24) is 10.6 Å². The molecule has 56 heavy (non-hydrogen) atoms. The Labute approximate surface area is 347 Å². The molecule has 1 aliphatic rings. The van der Waals surface area contributed by atoms with E-state index in [0.717, 1.165) is 0 Å². The van der Waals surface area contributed by atoms with Crippen molar-refractivity contribution < 1.29 is 56.9 Å². The molecule has 1 aromatic rings. The number of carbonyl (C=O) groups is 2. The van der Waals surface area contributed by atoms with Crippen LogP contribution in [0.5, 0.6) is 5.75 Å². The maximum Gasteiger partial charge on any atom is 0.469 e. The summed E-state index contributed by atoms with van der Waals surface area (Å²) in [5.41, 5.74) is 4.93. The fourth-order valence-corrected chi connectivity index (χ4v) is 8.56. The lowest BCUT2D eigenvalue weighted by atomic mass is 9.71. The first kappa shape index (κ1) is 50.6. The number of nitrogens with one attached hydrogen (secondary N) is 2. The summed E-state index contributed by atoms with van der Waals surface area (Å²) in [5.74, 6) is 11.5. The van der Waals surface area contributed by atoms with Crippen LogP contribution in [-0.4, -0.2) is 134 Å². The second kappa shape index (κ2) is 28.0. The van der Waals surface area contributed by atoms with E-state index < -0.39 is 31.5 Å². The third-order valence-corrected chi connectivity index (χ3v) is 12.7. The van der Waals surface area contributed by atoms with Crippen molar-refractivity contribution in [3.63, 3.8) is 0 Å². The first-order valence-electron chi connectivity index (χ1n) is 17.7. The zero-order chi connectivity index (χ0) is 41.4. The molecule has 0 aromatic heterocycles. The van der Waals surface area contributed by atoms with Crippen LogP contribution in [0.2, 0.25) is 0 Å². The Morgan fingerprint density at radius 3 is 2.62 bits per heavy atom. The highest BCUT2D eigenvalue weighted by Gasteiger charge is 2.38. The van der Waals surface area contributed by atoms with Crippen molar-refractivity contribution in [3.05, 3.63) is 29.8 Å². The summed E-state index contributed by atoms with van der Waals surface area (Å²) >= 11 is 0. The first-order valence-corrected chi connectivity index (χ1v) is 24.1. The fraction of sp³-hybridized carbons (Fsp3) is 0.657. The smallest absolute Gasteiger partial charge is 0.469 e. The van der Waals surface area contributed by atoms with E-state index in [1.165, 1.54) is 32.4 Å². The number of ether oxygens (including phenoxy) is 6. The monoisotopic (exact) mass is 878 g/mol. The van der Waals surface area contributed by atoms with Gasteiger partial charge in [0.2, 0.25) is 5.91 Å². The molecule has 15 nitrogen and oxygen atoms in total. The van der Waals surface area contributed by atoms with Crippen molar-refractivity contribution in [1.29, 1.82) is 0 Å². The van der Waals surface area contributed by atoms with E-state index in [1.807, 2.05) is 13.2 Å². The van der Waals surface area contributed by atoms with Crippen LogP contribution in [0.4, 0.5) is 0 Å². The van der Waals surface area contributed by atoms with Crippen LogP contribution >= 0.6 is 51.0 Å². The molecule has 1 heterocycles. The zero-order valence-corrected chi connectivity index (χ0v) is 36.7. The lowest BCUT2D eigenvalue weighted by Crippen LogP contribution is -2.34. The first-order chi connectivity index (χ1) is 26.6. The molecule has 1 fully saturated rings. The molecule has 1 aliphatic heterocycles. The topological polar surface area (TPSA) is 206 Å². The molecule has 0 aliphatic carbocycles. The van der Waals surface area contributed by atoms with E-state index in [0.29, 0.717) is 30.8 Å². The van der Waals surface area contributed by atoms with Crippen molar-refractivity contribution in [2.45, 2.75) is 81.0 Å². The lowest BCUT2D eigenvalue weighted by molar-refractivity contribution is -0.126. The summed E-state index contributed by atoms with van der Waals surface area (Å²) in [6, 6.07) is 6.48. The number of carbonyl (C=O) groups excluding carboxylic acids is 2. The number of amides is 2. The largest absolute Gasteiger partial charge is 0.490 e. The second-order valence-corrected chi connectivity index (χ2v) is 19.8. The number of benzene rings is 1. The molecular formula is C35H54BN3O12PS4. The van der Waals surface area contributed by atoms with E-state index in [2.05, 4.69) is 59.5 Å². The molecular weight excluding hydrogens is 824 g/mol. The molecule has 313 valence electrons. The predicted octanol–water partition coefficient (Wildman–Crippen LogP) is 3.45. The number of hydrogen-bond acceptors (Lipinski definition) is 15. The van der Waals surface area contributed by atoms with Gasteiger partial charge in [0.05, 0.1) is 39.1 Å². The highest BCUT2D eigenvalue weighted by atomic mass is 33.1. The number of phosphoric ester groups is 1. The Bertz CT molecular complexity index is 1500. The molecule has 1 saturated heterocycles. The van der Waals surface area contributed by atoms with Gasteiger partial charge in [0.25, 0.3) is 13.2 Å². The van der Waals surface area contributed by atoms with Crippen molar-refractivity contribution in [3.8, 4) is 29.3 Å². The van der Waals surface area contributed by atoms with Crippen LogP contribution < -0.4 is 21.1 Å². The minimum Gasteiger partial charge on any atom is -0.490 e. The minimum absolute atomic E-state index is 0.0201. The van der Waals surface area contributed by atoms with Crippen LogP contribution in [0.3, 0.4) is 0 Å². The predicted molar refractivity (Wildman–Crippen MR) is 225 cm³/mol. The summed E-state index contributed by atoms with van der Waals surface area (Å²) in [6.07, 6.45) is 0.955. The van der Waals surface area contributed by atoms with Crippen LogP contribution in [-0.2, 0) is 37.6 Å². The Balaban J connectivity index is 1.79. The molecule has 1 radical (unpaired) electrons. The van der Waals surface area contributed by atoms with Gasteiger partial charge in [-0.05, 0) is 44.7 Å². The molecule has 1 aromatic carbocycles. The average Bonchev–Trinajstić information content (AvgIpc) is 3.52. The van der Waals surface area contributed by atoms with Gasteiger partial charge in [-0.15, -0.1) is 5.92 Å². The highest BCUT2D eigenvalue weighted by molar-refractivity contribution is 8.77. The van der Waals surface area contributed by atoms with E-state index in [-0.39, 0.29) is 74.3 Å². The summed E-state index contributed by atoms with van der Waals surface area (Å²) in [7, 11) is 2.83. The zero-order valence-electron chi connectivity index (χ0n) is 32.6. The summed E-state index contributed by atoms with van der Waals surface area (Å²) < 4.78 is 51.5. The Morgan fingerprint density at radius 2 is 1.93 bits per heavy atom. The van der Waals surface area contributed by atoms with Gasteiger partial charge in [-0.2, -0.15) is 5.82 Å². The molecule has 0 saturated carbocycles. The number of hydrogen-bond donors (Lipinski definition) is 5. The van der Waals surface area contributed by atoms with Crippen molar-refractivity contribution >= 4 is 70.1 Å². The van der Waals surface area contributed by atoms with Gasteiger partial charge >= 0.3 is 7.82 Å². The Morgan fingerprint density at radius 1 is 1.14 bits per heavy atom. The van der Waals surface area contributed by atoms with Crippen LogP contribution in [0.1, 0.15) is 51.4 Å². The minimum atomic E-state index is -4.67. The maximum absolute atomic E-state index is 12.4. The molecule has 2 amide bonds. The van der Waals surface area contributed by atoms with Gasteiger partial charge in [-0.3, -0.25) is 14.1 Å². The summed E-state index contributed by atoms with van der Waals surface area (Å²) in [6.45, 7) is 11.0. The third-order valence-electron chi connectivity index (χ3n) is 6.82. The van der Waals surface area contributed by atoms with E-state index in [1.54, 1.807) is 49.3 Å².